The summed E-state index contributed by atoms with van der Waals surface area (Å²) in [5.74, 6) is 0. The summed E-state index contributed by atoms with van der Waals surface area (Å²) < 4.78 is 108. The van der Waals surface area contributed by atoms with E-state index in [1.807, 2.05) is 31.2 Å². The normalized spacial score (nSPS) is 17.6. The molecule has 39 heavy (non-hydrogen) atoms. The molecule has 0 spiro atoms. The predicted molar refractivity (Wildman–Crippen MR) is 139 cm³/mol. The number of benzene rings is 2. The highest BCUT2D eigenvalue weighted by Crippen LogP contribution is 2.50. The number of aliphatic hydroxyl groups is 1. The third kappa shape index (κ3) is 6.07. The zero-order valence-corrected chi connectivity index (χ0v) is 22.9. The minimum atomic E-state index is -5.98. The number of thiophene rings is 1. The van der Waals surface area contributed by atoms with E-state index in [9.17, 15) is 39.9 Å². The topological polar surface area (TPSA) is 60.9 Å². The van der Waals surface area contributed by atoms with Crippen LogP contribution in [0.5, 0.6) is 0 Å². The predicted octanol–water partition coefficient (Wildman–Crippen LogP) is 5.91. The van der Waals surface area contributed by atoms with Gasteiger partial charge in [0.25, 0.3) is 15.6 Å². The van der Waals surface area contributed by atoms with Crippen molar-refractivity contribution in [3.8, 4) is 0 Å². The van der Waals surface area contributed by atoms with Gasteiger partial charge in [-0.2, -0.15) is 30.6 Å². The van der Waals surface area contributed by atoms with Gasteiger partial charge in [0.2, 0.25) is 0 Å². The number of anilines is 1. The minimum Gasteiger partial charge on any atom is -0.369 e. The van der Waals surface area contributed by atoms with E-state index >= 15 is 0 Å². The van der Waals surface area contributed by atoms with Crippen LogP contribution in [0.4, 0.5) is 32.0 Å². The summed E-state index contributed by atoms with van der Waals surface area (Å²) in [6.45, 7) is 2.19. The Hall–Kier alpha value is -2.32. The Morgan fingerprint density at radius 3 is 2.13 bits per heavy atom. The fraction of sp³-hybridized carbons (Fsp3) is 0.360. The summed E-state index contributed by atoms with van der Waals surface area (Å²) in [5, 5.41) is 11.4. The molecule has 1 aliphatic rings. The second kappa shape index (κ2) is 11.3. The van der Waals surface area contributed by atoms with Gasteiger partial charge in [-0.25, -0.2) is 8.42 Å². The summed E-state index contributed by atoms with van der Waals surface area (Å²) in [6, 6.07) is 13.6. The van der Waals surface area contributed by atoms with Crippen molar-refractivity contribution in [2.75, 3.05) is 24.5 Å². The van der Waals surface area contributed by atoms with Crippen LogP contribution >= 0.6 is 23.7 Å². The lowest BCUT2D eigenvalue weighted by Gasteiger charge is -2.42. The maximum atomic E-state index is 13.3. The molecule has 0 aliphatic carbocycles. The lowest BCUT2D eigenvalue weighted by molar-refractivity contribution is -0.376. The Balaban J connectivity index is 0.00000420. The lowest BCUT2D eigenvalue weighted by atomic mass is 9.92. The number of piperazine rings is 1. The van der Waals surface area contributed by atoms with Crippen LogP contribution < -0.4 is 4.90 Å². The average Bonchev–Trinajstić information content (AvgIpc) is 3.38. The zero-order valence-electron chi connectivity index (χ0n) is 20.4. The first-order valence-electron chi connectivity index (χ1n) is 11.5. The fourth-order valence-electron chi connectivity index (χ4n) is 4.59. The Bertz CT molecular complexity index is 1350. The number of aryl methyl sites for hydroxylation is 1. The monoisotopic (exact) mass is 614 g/mol. The standard InChI is InChI=1S/C25H24F6N2O3S2.ClH/c1-17-4-2-5-18(14-17)15-21-16-32(38(35,36)22-6-3-13-37-22)11-12-33(21)20-9-7-19(8-10-20)23(34,24(26,27)28)25(29,30)31;/h2-10,13-14,21,34H,11-12,15-16H2,1H3;1H/t21-;/m1./s1. The van der Waals surface area contributed by atoms with Gasteiger partial charge in [-0.05, 0) is 42.5 Å². The van der Waals surface area contributed by atoms with Crippen LogP contribution in [0.1, 0.15) is 16.7 Å². The highest BCUT2D eigenvalue weighted by molar-refractivity contribution is 7.91. The smallest absolute Gasteiger partial charge is 0.369 e. The number of hydrogen-bond donors (Lipinski definition) is 1. The maximum absolute atomic E-state index is 13.3. The molecule has 1 atom stereocenters. The molecule has 1 fully saturated rings. The molecule has 1 aliphatic heterocycles. The van der Waals surface area contributed by atoms with Crippen molar-refractivity contribution in [2.24, 2.45) is 0 Å². The summed E-state index contributed by atoms with van der Waals surface area (Å²) in [7, 11) is -3.77. The number of hydrogen-bond acceptors (Lipinski definition) is 5. The molecule has 1 N–H and O–H groups in total. The van der Waals surface area contributed by atoms with Gasteiger partial charge in [-0.1, -0.05) is 48.0 Å². The van der Waals surface area contributed by atoms with Gasteiger partial charge in [-0.3, -0.25) is 0 Å². The molecule has 5 nitrogen and oxygen atoms in total. The van der Waals surface area contributed by atoms with Gasteiger partial charge in [0, 0.05) is 36.9 Å². The molecule has 0 unspecified atom stereocenters. The summed E-state index contributed by atoms with van der Waals surface area (Å²) in [4.78, 5) is 1.77. The van der Waals surface area contributed by atoms with Crippen LogP contribution in [0, 0.1) is 6.92 Å². The number of rotatable bonds is 6. The van der Waals surface area contributed by atoms with E-state index < -0.39 is 39.6 Å². The minimum absolute atomic E-state index is 0. The Labute approximate surface area is 232 Å². The maximum Gasteiger partial charge on any atom is 0.430 e. The summed E-state index contributed by atoms with van der Waals surface area (Å²) in [6.07, 6.45) is -11.6. The van der Waals surface area contributed by atoms with E-state index in [1.165, 1.54) is 10.4 Å². The van der Waals surface area contributed by atoms with Crippen LogP contribution in [0.25, 0.3) is 0 Å². The number of sulfonamides is 1. The largest absolute Gasteiger partial charge is 0.430 e. The molecule has 4 rings (SSSR count). The van der Waals surface area contributed by atoms with Gasteiger partial charge in [-0.15, -0.1) is 23.7 Å². The van der Waals surface area contributed by atoms with Crippen molar-refractivity contribution in [1.29, 1.82) is 0 Å². The molecule has 1 saturated heterocycles. The van der Waals surface area contributed by atoms with Gasteiger partial charge in [0.05, 0.1) is 0 Å². The molecule has 3 aromatic rings. The van der Waals surface area contributed by atoms with Gasteiger partial charge < -0.3 is 10.0 Å². The summed E-state index contributed by atoms with van der Waals surface area (Å²) >= 11 is 1.08. The van der Waals surface area contributed by atoms with Gasteiger partial charge in [0.1, 0.15) is 4.21 Å². The van der Waals surface area contributed by atoms with Crippen molar-refractivity contribution >= 4 is 39.5 Å². The average molecular weight is 615 g/mol. The SMILES string of the molecule is Cc1cccc(C[C@@H]2CN(S(=O)(=O)c3cccs3)CCN2c2ccc(C(O)(C(F)(F)F)C(F)(F)F)cc2)c1.Cl. The molecular formula is C25H25ClF6N2O3S2. The second-order valence-electron chi connectivity index (χ2n) is 9.09. The van der Waals surface area contributed by atoms with Crippen LogP contribution in [0.15, 0.2) is 70.3 Å². The van der Waals surface area contributed by atoms with E-state index in [-0.39, 0.29) is 36.3 Å². The molecule has 2 heterocycles. The van der Waals surface area contributed by atoms with Crippen LogP contribution in [-0.4, -0.2) is 55.9 Å². The number of halogens is 7. The summed E-state index contributed by atoms with van der Waals surface area (Å²) in [5.41, 5.74) is -4.18. The van der Waals surface area contributed by atoms with Crippen LogP contribution in [-0.2, 0) is 22.0 Å². The third-order valence-electron chi connectivity index (χ3n) is 6.53. The van der Waals surface area contributed by atoms with Gasteiger partial charge in [0.15, 0.2) is 0 Å². The molecule has 0 bridgehead atoms. The number of nitrogens with zero attached hydrogens (tertiary/aromatic N) is 2. The van der Waals surface area contributed by atoms with Crippen molar-refractivity contribution in [3.63, 3.8) is 0 Å². The molecule has 214 valence electrons. The van der Waals surface area contributed by atoms with E-state index in [4.69, 9.17) is 0 Å². The third-order valence-corrected chi connectivity index (χ3v) is 9.76. The molecule has 0 radical (unpaired) electrons. The van der Waals surface area contributed by atoms with Crippen LogP contribution in [0.3, 0.4) is 0 Å². The Kier molecular flexibility index (Phi) is 9.03. The van der Waals surface area contributed by atoms with E-state index in [2.05, 4.69) is 0 Å². The molecular weight excluding hydrogens is 590 g/mol. The van der Waals surface area contributed by atoms with Crippen molar-refractivity contribution < 1.29 is 39.9 Å². The lowest BCUT2D eigenvalue weighted by Crippen LogP contribution is -2.55. The molecule has 0 saturated carbocycles. The number of alkyl halides is 6. The highest BCUT2D eigenvalue weighted by Gasteiger charge is 2.71. The first-order valence-corrected chi connectivity index (χ1v) is 13.8. The Morgan fingerprint density at radius 2 is 1.59 bits per heavy atom. The van der Waals surface area contributed by atoms with E-state index in [1.54, 1.807) is 16.3 Å². The molecule has 1 aromatic heterocycles. The van der Waals surface area contributed by atoms with E-state index in [0.29, 0.717) is 24.2 Å². The first-order chi connectivity index (χ1) is 17.6. The van der Waals surface area contributed by atoms with Gasteiger partial charge >= 0.3 is 12.4 Å². The molecule has 14 heteroatoms. The second-order valence-corrected chi connectivity index (χ2v) is 12.2. The van der Waals surface area contributed by atoms with Crippen molar-refractivity contribution in [3.05, 3.63) is 82.7 Å². The first kappa shape index (κ1) is 31.2. The fourth-order valence-corrected chi connectivity index (χ4v) is 7.20. The van der Waals surface area contributed by atoms with Crippen LogP contribution in [0.2, 0.25) is 0 Å². The zero-order chi connectivity index (χ0) is 27.9. The molecule has 0 amide bonds. The van der Waals surface area contributed by atoms with Crippen molar-refractivity contribution in [2.45, 2.75) is 41.5 Å². The quantitative estimate of drug-likeness (QED) is 0.351. The van der Waals surface area contributed by atoms with E-state index in [0.717, 1.165) is 34.6 Å². The Morgan fingerprint density at radius 1 is 0.949 bits per heavy atom. The highest BCUT2D eigenvalue weighted by atomic mass is 35.5. The molecule has 2 aromatic carbocycles. The van der Waals surface area contributed by atoms with Crippen molar-refractivity contribution in [1.82, 2.24) is 4.31 Å².